The molecule has 8 heteroatoms. The van der Waals surface area contributed by atoms with Crippen molar-refractivity contribution < 1.29 is 14.4 Å². The van der Waals surface area contributed by atoms with Crippen LogP contribution in [0, 0.1) is 0 Å². The predicted molar refractivity (Wildman–Crippen MR) is 103 cm³/mol. The van der Waals surface area contributed by atoms with Gasteiger partial charge in [-0.15, -0.1) is 0 Å². The Hall–Kier alpha value is -1.67. The lowest BCUT2D eigenvalue weighted by atomic mass is 10.1. The third-order valence-corrected chi connectivity index (χ3v) is 4.05. The van der Waals surface area contributed by atoms with Crippen LogP contribution in [0.3, 0.4) is 0 Å². The zero-order valence-corrected chi connectivity index (χ0v) is 16.3. The number of nitrogens with two attached hydrogens (primary N) is 2. The number of carbonyl (C=O) groups excluding carboxylic acids is 3. The maximum absolute atomic E-state index is 12.6. The Morgan fingerprint density at radius 3 is 1.81 bits per heavy atom. The fraction of sp³-hybridized carbons (Fsp3) is 0.833. The smallest absolute Gasteiger partial charge is 0.243 e. The maximum Gasteiger partial charge on any atom is 0.243 e. The van der Waals surface area contributed by atoms with Crippen LogP contribution in [-0.2, 0) is 14.4 Å². The first kappa shape index (κ1) is 24.3. The van der Waals surface area contributed by atoms with Gasteiger partial charge in [-0.2, -0.15) is 0 Å². The molecule has 0 radical (unpaired) electrons. The Morgan fingerprint density at radius 2 is 1.35 bits per heavy atom. The highest BCUT2D eigenvalue weighted by Gasteiger charge is 2.25. The minimum absolute atomic E-state index is 0.188. The SMILES string of the molecule is CCCCNC(=O)[C@H](CCCCN)NC(=O)[C@H](CCCCN)NC(C)=O. The van der Waals surface area contributed by atoms with Crippen molar-refractivity contribution in [3.05, 3.63) is 0 Å². The molecule has 26 heavy (non-hydrogen) atoms. The van der Waals surface area contributed by atoms with Crippen molar-refractivity contribution in [2.24, 2.45) is 11.5 Å². The summed E-state index contributed by atoms with van der Waals surface area (Å²) < 4.78 is 0. The van der Waals surface area contributed by atoms with Gasteiger partial charge in [-0.05, 0) is 58.0 Å². The zero-order valence-electron chi connectivity index (χ0n) is 16.3. The summed E-state index contributed by atoms with van der Waals surface area (Å²) >= 11 is 0. The van der Waals surface area contributed by atoms with E-state index in [1.54, 1.807) is 0 Å². The number of hydrogen-bond acceptors (Lipinski definition) is 5. The van der Waals surface area contributed by atoms with Crippen LogP contribution in [0.2, 0.25) is 0 Å². The van der Waals surface area contributed by atoms with Gasteiger partial charge in [0.25, 0.3) is 0 Å². The summed E-state index contributed by atoms with van der Waals surface area (Å²) in [4.78, 5) is 36.4. The molecule has 0 fully saturated rings. The molecule has 0 aliphatic carbocycles. The third kappa shape index (κ3) is 11.8. The van der Waals surface area contributed by atoms with E-state index in [1.165, 1.54) is 6.92 Å². The van der Waals surface area contributed by atoms with E-state index in [1.807, 2.05) is 6.92 Å². The lowest BCUT2D eigenvalue weighted by Crippen LogP contribution is -2.53. The number of rotatable bonds is 15. The zero-order chi connectivity index (χ0) is 19.8. The molecule has 0 unspecified atom stereocenters. The van der Waals surface area contributed by atoms with Crippen LogP contribution >= 0.6 is 0 Å². The molecule has 0 aromatic carbocycles. The van der Waals surface area contributed by atoms with Crippen molar-refractivity contribution in [1.82, 2.24) is 16.0 Å². The first-order chi connectivity index (χ1) is 12.5. The van der Waals surface area contributed by atoms with Gasteiger partial charge in [0.2, 0.25) is 17.7 Å². The van der Waals surface area contributed by atoms with Gasteiger partial charge in [-0.3, -0.25) is 14.4 Å². The van der Waals surface area contributed by atoms with E-state index in [9.17, 15) is 14.4 Å². The van der Waals surface area contributed by atoms with E-state index >= 15 is 0 Å². The molecule has 0 aromatic heterocycles. The third-order valence-electron chi connectivity index (χ3n) is 4.05. The van der Waals surface area contributed by atoms with Crippen molar-refractivity contribution in [3.8, 4) is 0 Å². The molecule has 0 saturated heterocycles. The van der Waals surface area contributed by atoms with Gasteiger partial charge in [0.1, 0.15) is 12.1 Å². The van der Waals surface area contributed by atoms with E-state index in [2.05, 4.69) is 16.0 Å². The van der Waals surface area contributed by atoms with E-state index in [4.69, 9.17) is 11.5 Å². The molecular weight excluding hydrogens is 334 g/mol. The van der Waals surface area contributed by atoms with Gasteiger partial charge in [0, 0.05) is 13.5 Å². The summed E-state index contributed by atoms with van der Waals surface area (Å²) in [5.74, 6) is -0.794. The van der Waals surface area contributed by atoms with Gasteiger partial charge in [-0.1, -0.05) is 13.3 Å². The fourth-order valence-corrected chi connectivity index (χ4v) is 2.55. The first-order valence-corrected chi connectivity index (χ1v) is 9.71. The molecule has 8 nitrogen and oxygen atoms in total. The van der Waals surface area contributed by atoms with Crippen LogP contribution in [-0.4, -0.2) is 49.4 Å². The molecule has 152 valence electrons. The topological polar surface area (TPSA) is 139 Å². The summed E-state index contributed by atoms with van der Waals surface area (Å²) in [6.45, 7) is 5.09. The van der Waals surface area contributed by atoms with Crippen molar-refractivity contribution in [2.75, 3.05) is 19.6 Å². The molecule has 0 aliphatic heterocycles. The van der Waals surface area contributed by atoms with Gasteiger partial charge in [0.05, 0.1) is 0 Å². The molecule has 0 aromatic rings. The van der Waals surface area contributed by atoms with Crippen LogP contribution in [0.15, 0.2) is 0 Å². The normalized spacial score (nSPS) is 12.9. The Balaban J connectivity index is 4.82. The summed E-state index contributed by atoms with van der Waals surface area (Å²) in [5.41, 5.74) is 11.0. The first-order valence-electron chi connectivity index (χ1n) is 9.71. The Morgan fingerprint density at radius 1 is 0.808 bits per heavy atom. The Bertz CT molecular complexity index is 418. The van der Waals surface area contributed by atoms with Gasteiger partial charge < -0.3 is 27.4 Å². The quantitative estimate of drug-likeness (QED) is 0.261. The van der Waals surface area contributed by atoms with Crippen molar-refractivity contribution >= 4 is 17.7 Å². The molecule has 3 amide bonds. The predicted octanol–water partition coefficient (Wildman–Crippen LogP) is 0.150. The van der Waals surface area contributed by atoms with Gasteiger partial charge in [0.15, 0.2) is 0 Å². The second-order valence-corrected chi connectivity index (χ2v) is 6.53. The van der Waals surface area contributed by atoms with Crippen LogP contribution in [0.5, 0.6) is 0 Å². The number of unbranched alkanes of at least 4 members (excludes halogenated alkanes) is 3. The minimum atomic E-state index is -0.653. The lowest BCUT2D eigenvalue weighted by molar-refractivity contribution is -0.132. The highest BCUT2D eigenvalue weighted by atomic mass is 16.2. The van der Waals surface area contributed by atoms with Gasteiger partial charge >= 0.3 is 0 Å². The van der Waals surface area contributed by atoms with Crippen LogP contribution in [0.4, 0.5) is 0 Å². The molecule has 2 atom stereocenters. The summed E-state index contributed by atoms with van der Waals surface area (Å²) in [5, 5.41) is 8.32. The Labute approximate surface area is 157 Å². The molecule has 0 bridgehead atoms. The van der Waals surface area contributed by atoms with E-state index < -0.39 is 12.1 Å². The lowest BCUT2D eigenvalue weighted by Gasteiger charge is -2.23. The monoisotopic (exact) mass is 371 g/mol. The summed E-state index contributed by atoms with van der Waals surface area (Å²) in [6, 6.07) is -1.27. The highest BCUT2D eigenvalue weighted by Crippen LogP contribution is 2.05. The van der Waals surface area contributed by atoms with Crippen molar-refractivity contribution in [2.45, 2.75) is 77.3 Å². The van der Waals surface area contributed by atoms with E-state index in [0.29, 0.717) is 32.5 Å². The van der Waals surface area contributed by atoms with Crippen LogP contribution in [0.25, 0.3) is 0 Å². The number of amides is 3. The molecular formula is C18H37N5O3. The minimum Gasteiger partial charge on any atom is -0.354 e. The van der Waals surface area contributed by atoms with Crippen molar-refractivity contribution in [1.29, 1.82) is 0 Å². The number of nitrogens with one attached hydrogen (secondary N) is 3. The van der Waals surface area contributed by atoms with Crippen LogP contribution < -0.4 is 27.4 Å². The second-order valence-electron chi connectivity index (χ2n) is 6.53. The summed E-state index contributed by atoms with van der Waals surface area (Å²) in [6.07, 6.45) is 5.95. The van der Waals surface area contributed by atoms with E-state index in [-0.39, 0.29) is 17.7 Å². The average molecular weight is 372 g/mol. The maximum atomic E-state index is 12.6. The molecule has 0 spiro atoms. The van der Waals surface area contributed by atoms with Crippen LogP contribution in [0.1, 0.15) is 65.2 Å². The van der Waals surface area contributed by atoms with E-state index in [0.717, 1.165) is 38.5 Å². The number of hydrogen-bond donors (Lipinski definition) is 5. The standard InChI is InChI=1S/C18H37N5O3/c1-3-4-13-21-17(25)15(9-5-7-11-19)23-18(26)16(22-14(2)24)10-6-8-12-20/h15-16H,3-13,19-20H2,1-2H3,(H,21,25)(H,22,24)(H,23,26)/t15-,16-/m0/s1. The van der Waals surface area contributed by atoms with Crippen molar-refractivity contribution in [3.63, 3.8) is 0 Å². The Kier molecular flexibility index (Phi) is 14.6. The fourth-order valence-electron chi connectivity index (χ4n) is 2.55. The highest BCUT2D eigenvalue weighted by molar-refractivity contribution is 5.91. The molecule has 0 aliphatic rings. The molecule has 0 heterocycles. The molecule has 7 N–H and O–H groups in total. The second kappa shape index (κ2) is 15.6. The average Bonchev–Trinajstić information content (AvgIpc) is 2.60. The molecule has 0 saturated carbocycles. The number of carbonyl (C=O) groups is 3. The largest absolute Gasteiger partial charge is 0.354 e. The summed E-state index contributed by atoms with van der Waals surface area (Å²) in [7, 11) is 0. The molecule has 0 rings (SSSR count). The van der Waals surface area contributed by atoms with Gasteiger partial charge in [-0.25, -0.2) is 0 Å².